The Kier molecular flexibility index (Phi) is 10.6. The maximum atomic E-state index is 13.9. The van der Waals surface area contributed by atoms with Gasteiger partial charge < -0.3 is 35.2 Å². The summed E-state index contributed by atoms with van der Waals surface area (Å²) in [6.45, 7) is 12.4. The first-order valence-corrected chi connectivity index (χ1v) is 15.7. The number of hydrogen-bond acceptors (Lipinski definition) is 13. The quantitative estimate of drug-likeness (QED) is 0.424. The van der Waals surface area contributed by atoms with Crippen molar-refractivity contribution in [1.82, 2.24) is 40.0 Å². The Balaban J connectivity index is 1.15. The van der Waals surface area contributed by atoms with Crippen molar-refractivity contribution in [2.45, 2.75) is 45.6 Å². The van der Waals surface area contributed by atoms with Gasteiger partial charge in [0.2, 0.25) is 23.8 Å². The number of likely N-dealkylation sites (tertiary alicyclic amines) is 1. The molecule has 0 unspecified atom stereocenters. The first-order chi connectivity index (χ1) is 22.0. The third-order valence-corrected chi connectivity index (χ3v) is 8.09. The SMILES string of the molecule is CC(C)(C)OC(=O)N1CCC(C(=O)NCCN2CCN(c3nc(-c4cnc(N)nc4C(F)F)nc(N4CCOCC4)n3)CC2)CC1. The van der Waals surface area contributed by atoms with Crippen LogP contribution < -0.4 is 20.9 Å². The average Bonchev–Trinajstić information content (AvgIpc) is 3.04. The lowest BCUT2D eigenvalue weighted by Gasteiger charge is -2.35. The Hall–Kier alpha value is -3.99. The molecule has 3 fully saturated rings. The highest BCUT2D eigenvalue weighted by atomic mass is 19.3. The highest BCUT2D eigenvalue weighted by Crippen LogP contribution is 2.30. The molecule has 2 aromatic rings. The fraction of sp³-hybridized carbons (Fsp3) is 0.690. The number of halogens is 2. The van der Waals surface area contributed by atoms with Crippen LogP contribution in [0, 0.1) is 5.92 Å². The molecule has 0 atom stereocenters. The van der Waals surface area contributed by atoms with E-state index in [1.807, 2.05) is 30.6 Å². The summed E-state index contributed by atoms with van der Waals surface area (Å²) in [5, 5.41) is 3.05. The number of carbonyl (C=O) groups excluding carboxylic acids is 2. The van der Waals surface area contributed by atoms with Gasteiger partial charge in [-0.05, 0) is 33.6 Å². The number of hydrogen-bond donors (Lipinski definition) is 2. The molecule has 0 radical (unpaired) electrons. The van der Waals surface area contributed by atoms with Crippen molar-refractivity contribution in [3.8, 4) is 11.4 Å². The van der Waals surface area contributed by atoms with Gasteiger partial charge in [-0.1, -0.05) is 0 Å². The van der Waals surface area contributed by atoms with E-state index < -0.39 is 17.7 Å². The van der Waals surface area contributed by atoms with Crippen LogP contribution in [0.4, 0.5) is 31.4 Å². The number of carbonyl (C=O) groups is 2. The van der Waals surface area contributed by atoms with Crippen molar-refractivity contribution >= 4 is 29.8 Å². The minimum atomic E-state index is -2.89. The van der Waals surface area contributed by atoms with Gasteiger partial charge in [-0.15, -0.1) is 0 Å². The topological polar surface area (TPSA) is 168 Å². The number of piperidine rings is 1. The zero-order valence-corrected chi connectivity index (χ0v) is 26.6. The van der Waals surface area contributed by atoms with E-state index in [2.05, 4.69) is 30.2 Å². The summed E-state index contributed by atoms with van der Waals surface area (Å²) in [5.41, 5.74) is 4.51. The number of nitrogens with two attached hydrogens (primary N) is 1. The molecule has 5 rings (SSSR count). The summed E-state index contributed by atoms with van der Waals surface area (Å²) >= 11 is 0. The standard InChI is InChI=1S/C29H43F2N11O4/c1-29(2,3)46-28(44)42-7-4-19(5-8-42)24(43)33-6-9-39-10-12-40(13-11-39)26-36-23(20-18-34-25(32)35-21(20)22(30)31)37-27(38-26)41-14-16-45-17-15-41/h18-19,22H,4-17H2,1-3H3,(H,33,43)(H2,32,34,35). The molecule has 0 bridgehead atoms. The average molecular weight is 648 g/mol. The van der Waals surface area contributed by atoms with Crippen LogP contribution in [0.2, 0.25) is 0 Å². The number of aromatic nitrogens is 5. The number of alkyl halides is 2. The summed E-state index contributed by atoms with van der Waals surface area (Å²) < 4.78 is 38.7. The van der Waals surface area contributed by atoms with Crippen molar-refractivity contribution in [3.63, 3.8) is 0 Å². The molecule has 0 aromatic carbocycles. The molecule has 0 saturated carbocycles. The molecule has 46 heavy (non-hydrogen) atoms. The van der Waals surface area contributed by atoms with Gasteiger partial charge in [0.25, 0.3) is 6.43 Å². The fourth-order valence-corrected chi connectivity index (χ4v) is 5.57. The normalized spacial score (nSPS) is 18.6. The first kappa shape index (κ1) is 33.4. The number of piperazine rings is 1. The van der Waals surface area contributed by atoms with Gasteiger partial charge in [-0.3, -0.25) is 9.69 Å². The third-order valence-electron chi connectivity index (χ3n) is 8.09. The molecule has 3 aliphatic rings. The number of morpholine rings is 1. The van der Waals surface area contributed by atoms with Gasteiger partial charge in [0, 0.05) is 77.6 Å². The smallest absolute Gasteiger partial charge is 0.410 e. The second kappa shape index (κ2) is 14.6. The zero-order chi connectivity index (χ0) is 32.8. The number of rotatable bonds is 8. The van der Waals surface area contributed by atoms with Crippen molar-refractivity contribution in [2.24, 2.45) is 5.92 Å². The highest BCUT2D eigenvalue weighted by Gasteiger charge is 2.30. The molecule has 5 heterocycles. The van der Waals surface area contributed by atoms with Crippen molar-refractivity contribution < 1.29 is 27.8 Å². The van der Waals surface area contributed by atoms with Crippen LogP contribution in [0.25, 0.3) is 11.4 Å². The number of nitrogen functional groups attached to an aromatic ring is 1. The molecule has 3 saturated heterocycles. The summed E-state index contributed by atoms with van der Waals surface area (Å²) in [7, 11) is 0. The van der Waals surface area contributed by atoms with Crippen LogP contribution in [0.5, 0.6) is 0 Å². The van der Waals surface area contributed by atoms with Crippen LogP contribution in [0.1, 0.15) is 45.7 Å². The van der Waals surface area contributed by atoms with Gasteiger partial charge in [-0.2, -0.15) is 15.0 Å². The first-order valence-electron chi connectivity index (χ1n) is 15.7. The highest BCUT2D eigenvalue weighted by molar-refractivity contribution is 5.79. The number of anilines is 3. The van der Waals surface area contributed by atoms with Crippen LogP contribution >= 0.6 is 0 Å². The lowest BCUT2D eigenvalue weighted by molar-refractivity contribution is -0.126. The fourth-order valence-electron chi connectivity index (χ4n) is 5.57. The maximum Gasteiger partial charge on any atom is 0.410 e. The predicted octanol–water partition coefficient (Wildman–Crippen LogP) is 1.57. The number of nitrogens with zero attached hydrogens (tertiary/aromatic N) is 9. The zero-order valence-electron chi connectivity index (χ0n) is 26.6. The Morgan fingerprint density at radius 3 is 2.22 bits per heavy atom. The molecule has 0 aliphatic carbocycles. The maximum absolute atomic E-state index is 13.9. The van der Waals surface area contributed by atoms with Crippen molar-refractivity contribution in [2.75, 3.05) is 94.2 Å². The molecule has 3 aliphatic heterocycles. The Labute approximate surface area is 266 Å². The molecule has 17 heteroatoms. The predicted molar refractivity (Wildman–Crippen MR) is 165 cm³/mol. The molecule has 252 valence electrons. The third kappa shape index (κ3) is 8.63. The lowest BCUT2D eigenvalue weighted by atomic mass is 9.96. The van der Waals surface area contributed by atoms with Crippen LogP contribution in [0.3, 0.4) is 0 Å². The number of nitrogens with one attached hydrogen (secondary N) is 1. The van der Waals surface area contributed by atoms with E-state index in [0.717, 1.165) is 0 Å². The lowest BCUT2D eigenvalue weighted by Crippen LogP contribution is -2.50. The van der Waals surface area contributed by atoms with Gasteiger partial charge in [-0.25, -0.2) is 23.5 Å². The number of ether oxygens (including phenoxy) is 2. The van der Waals surface area contributed by atoms with Crippen molar-refractivity contribution in [3.05, 3.63) is 11.9 Å². The summed E-state index contributed by atoms with van der Waals surface area (Å²) in [4.78, 5) is 54.4. The summed E-state index contributed by atoms with van der Waals surface area (Å²) in [6, 6.07) is 0. The minimum absolute atomic E-state index is 0.00523. The molecular weight excluding hydrogens is 604 g/mol. The van der Waals surface area contributed by atoms with Gasteiger partial charge in [0.05, 0.1) is 18.8 Å². The van der Waals surface area contributed by atoms with E-state index >= 15 is 0 Å². The van der Waals surface area contributed by atoms with E-state index in [1.165, 1.54) is 6.20 Å². The van der Waals surface area contributed by atoms with Crippen LogP contribution in [0.15, 0.2) is 6.20 Å². The van der Waals surface area contributed by atoms with Gasteiger partial charge in [0.15, 0.2) is 5.82 Å². The number of amides is 2. The second-order valence-electron chi connectivity index (χ2n) is 12.5. The van der Waals surface area contributed by atoms with Gasteiger partial charge >= 0.3 is 6.09 Å². The van der Waals surface area contributed by atoms with E-state index in [4.69, 9.17) is 20.2 Å². The minimum Gasteiger partial charge on any atom is -0.444 e. The largest absolute Gasteiger partial charge is 0.444 e. The molecular formula is C29H43F2N11O4. The molecule has 3 N–H and O–H groups in total. The van der Waals surface area contributed by atoms with E-state index in [1.54, 1.807) is 4.90 Å². The Morgan fingerprint density at radius 1 is 0.978 bits per heavy atom. The monoisotopic (exact) mass is 647 g/mol. The van der Waals surface area contributed by atoms with E-state index in [0.29, 0.717) is 103 Å². The molecule has 0 spiro atoms. The van der Waals surface area contributed by atoms with Crippen LogP contribution in [-0.2, 0) is 14.3 Å². The summed E-state index contributed by atoms with van der Waals surface area (Å²) in [6.07, 6.45) is -0.797. The molecule has 15 nitrogen and oxygen atoms in total. The Bertz CT molecular complexity index is 1360. The Morgan fingerprint density at radius 2 is 1.61 bits per heavy atom. The van der Waals surface area contributed by atoms with Gasteiger partial charge in [0.1, 0.15) is 11.3 Å². The van der Waals surface area contributed by atoms with Crippen molar-refractivity contribution in [1.29, 1.82) is 0 Å². The van der Waals surface area contributed by atoms with Crippen LogP contribution in [-0.4, -0.2) is 131 Å². The van der Waals surface area contributed by atoms with E-state index in [9.17, 15) is 18.4 Å². The van der Waals surface area contributed by atoms with E-state index in [-0.39, 0.29) is 35.3 Å². The summed E-state index contributed by atoms with van der Waals surface area (Å²) in [5.74, 6) is 0.440. The second-order valence-corrected chi connectivity index (χ2v) is 12.5. The molecule has 2 aromatic heterocycles. The molecule has 2 amide bonds.